The van der Waals surface area contributed by atoms with E-state index < -0.39 is 5.63 Å². The molecule has 0 saturated carbocycles. The van der Waals surface area contributed by atoms with Crippen molar-refractivity contribution in [3.8, 4) is 5.82 Å². The monoisotopic (exact) mass is 312 g/mol. The molecule has 0 radical (unpaired) electrons. The Morgan fingerprint density at radius 3 is 2.73 bits per heavy atom. The quantitative estimate of drug-likeness (QED) is 0.505. The second-order valence-electron chi connectivity index (χ2n) is 4.82. The molecule has 108 valence electrons. The lowest BCUT2D eigenvalue weighted by atomic mass is 10.1. The average Bonchev–Trinajstić information content (AvgIpc) is 2.87. The molecule has 0 unspecified atom stereocenters. The van der Waals surface area contributed by atoms with Crippen molar-refractivity contribution in [2.24, 2.45) is 0 Å². The first-order valence-corrected chi connectivity index (χ1v) is 6.94. The molecule has 4 aromatic rings. The number of aryl methyl sites for hydroxylation is 1. The normalized spacial score (nSPS) is 11.4. The van der Waals surface area contributed by atoms with Gasteiger partial charge >= 0.3 is 5.63 Å². The Kier molecular flexibility index (Phi) is 2.74. The van der Waals surface area contributed by atoms with E-state index in [1.54, 1.807) is 29.8 Å². The number of halogens is 1. The van der Waals surface area contributed by atoms with Crippen LogP contribution in [0.25, 0.3) is 27.7 Å². The Bertz CT molecular complexity index is 1070. The van der Waals surface area contributed by atoms with E-state index >= 15 is 0 Å². The molecule has 3 heterocycles. The Hall–Kier alpha value is -2.73. The SMILES string of the molecule is Cc1nn(-c2ccc(Cl)nn2)c2c1c(=O)oc1ccccc12. The van der Waals surface area contributed by atoms with Gasteiger partial charge in [0.25, 0.3) is 0 Å². The standard InChI is InChI=1S/C15H9ClN4O2/c1-8-13-14(9-4-2-3-5-10(9)22-15(13)21)20(19-8)12-7-6-11(16)17-18-12/h2-7H,1H3. The molecule has 3 aromatic heterocycles. The minimum atomic E-state index is -0.417. The largest absolute Gasteiger partial charge is 0.422 e. The summed E-state index contributed by atoms with van der Waals surface area (Å²) in [6.45, 7) is 1.76. The smallest absolute Gasteiger partial charge is 0.347 e. The van der Waals surface area contributed by atoms with Gasteiger partial charge in [-0.25, -0.2) is 9.48 Å². The van der Waals surface area contributed by atoms with E-state index in [1.165, 1.54) is 0 Å². The fraction of sp³-hybridized carbons (Fsp3) is 0.0667. The van der Waals surface area contributed by atoms with Crippen LogP contribution < -0.4 is 5.63 Å². The fourth-order valence-electron chi connectivity index (χ4n) is 2.51. The topological polar surface area (TPSA) is 73.8 Å². The van der Waals surface area contributed by atoms with E-state index in [9.17, 15) is 4.79 Å². The maximum Gasteiger partial charge on any atom is 0.347 e. The summed E-state index contributed by atoms with van der Waals surface area (Å²) >= 11 is 5.77. The molecule has 0 amide bonds. The third-order valence-corrected chi connectivity index (χ3v) is 3.65. The van der Waals surface area contributed by atoms with Crippen LogP contribution in [0.1, 0.15) is 5.69 Å². The average molecular weight is 313 g/mol. The van der Waals surface area contributed by atoms with Gasteiger partial charge in [-0.2, -0.15) is 5.10 Å². The van der Waals surface area contributed by atoms with E-state index in [2.05, 4.69) is 15.3 Å². The lowest BCUT2D eigenvalue weighted by molar-refractivity contribution is 0.569. The van der Waals surface area contributed by atoms with Crippen molar-refractivity contribution in [3.05, 3.63) is 57.7 Å². The summed E-state index contributed by atoms with van der Waals surface area (Å²) in [5, 5.41) is 13.8. The number of hydrogen-bond donors (Lipinski definition) is 0. The van der Waals surface area contributed by atoms with Gasteiger partial charge in [0.05, 0.1) is 11.2 Å². The number of fused-ring (bicyclic) bond motifs is 3. The molecule has 0 N–H and O–H groups in total. The van der Waals surface area contributed by atoms with E-state index in [4.69, 9.17) is 16.0 Å². The molecular weight excluding hydrogens is 304 g/mol. The summed E-state index contributed by atoms with van der Waals surface area (Å²) in [5.41, 5.74) is 1.31. The van der Waals surface area contributed by atoms with Crippen molar-refractivity contribution in [2.45, 2.75) is 6.92 Å². The van der Waals surface area contributed by atoms with Crippen LogP contribution in [0.15, 0.2) is 45.6 Å². The molecule has 0 spiro atoms. The second-order valence-corrected chi connectivity index (χ2v) is 5.21. The first kappa shape index (κ1) is 13.0. The number of nitrogens with zero attached hydrogens (tertiary/aromatic N) is 4. The summed E-state index contributed by atoms with van der Waals surface area (Å²) in [7, 11) is 0. The van der Waals surface area contributed by atoms with Crippen LogP contribution >= 0.6 is 11.6 Å². The van der Waals surface area contributed by atoms with Crippen molar-refractivity contribution in [1.82, 2.24) is 20.0 Å². The highest BCUT2D eigenvalue weighted by molar-refractivity contribution is 6.29. The molecule has 0 aliphatic heterocycles. The van der Waals surface area contributed by atoms with Crippen LogP contribution in [0.5, 0.6) is 0 Å². The molecule has 6 nitrogen and oxygen atoms in total. The summed E-state index contributed by atoms with van der Waals surface area (Å²) in [6.07, 6.45) is 0. The zero-order chi connectivity index (χ0) is 15.3. The van der Waals surface area contributed by atoms with Crippen LogP contribution in [0, 0.1) is 6.92 Å². The van der Waals surface area contributed by atoms with Gasteiger partial charge in [-0.15, -0.1) is 10.2 Å². The third kappa shape index (κ3) is 1.81. The van der Waals surface area contributed by atoms with Crippen molar-refractivity contribution in [2.75, 3.05) is 0 Å². The predicted molar refractivity (Wildman–Crippen MR) is 82.4 cm³/mol. The Morgan fingerprint density at radius 2 is 1.95 bits per heavy atom. The number of rotatable bonds is 1. The minimum Gasteiger partial charge on any atom is -0.422 e. The number of aromatic nitrogens is 4. The first-order chi connectivity index (χ1) is 10.6. The maximum atomic E-state index is 12.2. The van der Waals surface area contributed by atoms with E-state index in [0.29, 0.717) is 33.2 Å². The van der Waals surface area contributed by atoms with Crippen LogP contribution in [-0.2, 0) is 0 Å². The van der Waals surface area contributed by atoms with Gasteiger partial charge in [-0.3, -0.25) is 0 Å². The van der Waals surface area contributed by atoms with Crippen molar-refractivity contribution < 1.29 is 4.42 Å². The zero-order valence-electron chi connectivity index (χ0n) is 11.4. The number of para-hydroxylation sites is 1. The fourth-order valence-corrected chi connectivity index (χ4v) is 2.61. The van der Waals surface area contributed by atoms with E-state index in [-0.39, 0.29) is 0 Å². The molecule has 0 atom stereocenters. The first-order valence-electron chi connectivity index (χ1n) is 6.56. The van der Waals surface area contributed by atoms with E-state index in [1.807, 2.05) is 18.2 Å². The zero-order valence-corrected chi connectivity index (χ0v) is 12.2. The third-order valence-electron chi connectivity index (χ3n) is 3.44. The second kappa shape index (κ2) is 4.64. The highest BCUT2D eigenvalue weighted by atomic mass is 35.5. The number of benzene rings is 1. The van der Waals surface area contributed by atoms with Crippen molar-refractivity contribution >= 4 is 33.5 Å². The van der Waals surface area contributed by atoms with Gasteiger partial charge in [-0.1, -0.05) is 23.7 Å². The Balaban J connectivity index is 2.20. The molecule has 0 aliphatic rings. The molecule has 0 fully saturated rings. The van der Waals surface area contributed by atoms with Gasteiger partial charge in [0.1, 0.15) is 11.0 Å². The van der Waals surface area contributed by atoms with Crippen molar-refractivity contribution in [1.29, 1.82) is 0 Å². The summed E-state index contributed by atoms with van der Waals surface area (Å²) < 4.78 is 6.95. The van der Waals surface area contributed by atoms with Gasteiger partial charge in [0.15, 0.2) is 11.0 Å². The van der Waals surface area contributed by atoms with Crippen LogP contribution in [-0.4, -0.2) is 20.0 Å². The van der Waals surface area contributed by atoms with Gasteiger partial charge in [-0.05, 0) is 31.2 Å². The predicted octanol–water partition coefficient (Wildman–Crippen LogP) is 2.88. The number of hydrogen-bond acceptors (Lipinski definition) is 5. The molecule has 0 bridgehead atoms. The molecular formula is C15H9ClN4O2. The lowest BCUT2D eigenvalue weighted by Gasteiger charge is -2.03. The summed E-state index contributed by atoms with van der Waals surface area (Å²) in [4.78, 5) is 12.2. The summed E-state index contributed by atoms with van der Waals surface area (Å²) in [5.74, 6) is 0.484. The maximum absolute atomic E-state index is 12.2. The summed E-state index contributed by atoms with van der Waals surface area (Å²) in [6, 6.07) is 10.6. The van der Waals surface area contributed by atoms with Crippen molar-refractivity contribution in [3.63, 3.8) is 0 Å². The molecule has 0 saturated heterocycles. The van der Waals surface area contributed by atoms with Crippen LogP contribution in [0.2, 0.25) is 5.15 Å². The highest BCUT2D eigenvalue weighted by Gasteiger charge is 2.18. The van der Waals surface area contributed by atoms with Gasteiger partial charge < -0.3 is 4.42 Å². The van der Waals surface area contributed by atoms with Crippen LogP contribution in [0.3, 0.4) is 0 Å². The highest BCUT2D eigenvalue weighted by Crippen LogP contribution is 2.26. The van der Waals surface area contributed by atoms with E-state index in [0.717, 1.165) is 5.39 Å². The van der Waals surface area contributed by atoms with Gasteiger partial charge in [0.2, 0.25) is 0 Å². The Morgan fingerprint density at radius 1 is 1.14 bits per heavy atom. The lowest BCUT2D eigenvalue weighted by Crippen LogP contribution is -2.03. The molecule has 22 heavy (non-hydrogen) atoms. The molecule has 4 rings (SSSR count). The molecule has 1 aromatic carbocycles. The van der Waals surface area contributed by atoms with Gasteiger partial charge in [0, 0.05) is 5.39 Å². The van der Waals surface area contributed by atoms with Crippen LogP contribution in [0.4, 0.5) is 0 Å². The molecule has 0 aliphatic carbocycles. The minimum absolute atomic E-state index is 0.293. The molecule has 7 heteroatoms. The Labute approximate surface area is 129 Å².